The summed E-state index contributed by atoms with van der Waals surface area (Å²) in [7, 11) is 0. The summed E-state index contributed by atoms with van der Waals surface area (Å²) >= 11 is 0. The van der Waals surface area contributed by atoms with Gasteiger partial charge in [0.25, 0.3) is 11.8 Å². The number of ether oxygens (including phenoxy) is 1. The van der Waals surface area contributed by atoms with Gasteiger partial charge >= 0.3 is 0 Å². The molecule has 0 bridgehead atoms. The summed E-state index contributed by atoms with van der Waals surface area (Å²) in [6.45, 7) is 1.14. The van der Waals surface area contributed by atoms with Crippen molar-refractivity contribution in [2.45, 2.75) is 0 Å². The summed E-state index contributed by atoms with van der Waals surface area (Å²) in [6.07, 6.45) is 2.29. The Bertz CT molecular complexity index is 1120. The van der Waals surface area contributed by atoms with Gasteiger partial charge in [-0.15, -0.1) is 0 Å². The lowest BCUT2D eigenvalue weighted by Crippen LogP contribution is -2.41. The maximum Gasteiger partial charge on any atom is 0.253 e. The van der Waals surface area contributed by atoms with Gasteiger partial charge < -0.3 is 25.1 Å². The number of carbonyl (C=O) groups excluding carboxylic acids is 3. The van der Waals surface area contributed by atoms with Crippen molar-refractivity contribution in [1.82, 2.24) is 15.3 Å². The minimum absolute atomic E-state index is 0.0226. The maximum atomic E-state index is 12.0. The van der Waals surface area contributed by atoms with Crippen molar-refractivity contribution in [1.29, 1.82) is 0 Å². The SMILES string of the molecule is O=CCNC(=O)c1ccc(-c2ccnc(Nc3ccc(N4CCOCC4=O)cc3)n2)cc1. The van der Waals surface area contributed by atoms with Crippen LogP contribution in [0, 0.1) is 0 Å². The summed E-state index contributed by atoms with van der Waals surface area (Å²) in [5.41, 5.74) is 3.58. The Morgan fingerprint density at radius 1 is 1.09 bits per heavy atom. The Morgan fingerprint density at radius 3 is 2.59 bits per heavy atom. The third-order valence-electron chi connectivity index (χ3n) is 4.87. The standard InChI is InChI=1S/C23H21N5O4/c29-13-11-24-22(31)17-3-1-16(2-4-17)20-9-10-25-23(27-20)26-18-5-7-19(8-6-18)28-12-14-32-15-21(28)30/h1-10,13H,11-12,14-15H2,(H,24,31)(H,25,26,27). The molecule has 162 valence electrons. The predicted octanol–water partition coefficient (Wildman–Crippen LogP) is 2.18. The van der Waals surface area contributed by atoms with E-state index in [4.69, 9.17) is 4.74 Å². The number of nitrogens with zero attached hydrogens (tertiary/aromatic N) is 3. The summed E-state index contributed by atoms with van der Waals surface area (Å²) < 4.78 is 5.17. The molecule has 2 amide bonds. The number of rotatable bonds is 7. The average Bonchev–Trinajstić information content (AvgIpc) is 2.84. The molecule has 1 aliphatic rings. The zero-order chi connectivity index (χ0) is 22.3. The van der Waals surface area contributed by atoms with E-state index in [1.54, 1.807) is 41.4 Å². The number of nitrogens with one attached hydrogen (secondary N) is 2. The molecule has 0 atom stereocenters. The molecule has 0 unspecified atom stereocenters. The van der Waals surface area contributed by atoms with Crippen LogP contribution < -0.4 is 15.5 Å². The molecule has 1 aromatic heterocycles. The molecular formula is C23H21N5O4. The highest BCUT2D eigenvalue weighted by Crippen LogP contribution is 2.23. The Hall–Kier alpha value is -4.11. The molecule has 4 rings (SSSR count). The number of carbonyl (C=O) groups is 3. The fraction of sp³-hybridized carbons (Fsp3) is 0.174. The first-order valence-corrected chi connectivity index (χ1v) is 10.0. The Balaban J connectivity index is 1.44. The molecule has 0 spiro atoms. The van der Waals surface area contributed by atoms with Gasteiger partial charge in [0, 0.05) is 35.2 Å². The smallest absolute Gasteiger partial charge is 0.253 e. The second-order valence-electron chi connectivity index (χ2n) is 6.99. The highest BCUT2D eigenvalue weighted by molar-refractivity contribution is 5.96. The number of aldehydes is 1. The van der Waals surface area contributed by atoms with Crippen LogP contribution in [0.15, 0.2) is 60.8 Å². The molecule has 3 aromatic rings. The van der Waals surface area contributed by atoms with E-state index in [0.717, 1.165) is 16.9 Å². The van der Waals surface area contributed by atoms with Crippen LogP contribution in [0.5, 0.6) is 0 Å². The normalized spacial score (nSPS) is 13.5. The van der Waals surface area contributed by atoms with Gasteiger partial charge in [0.1, 0.15) is 12.9 Å². The molecule has 2 heterocycles. The van der Waals surface area contributed by atoms with E-state index >= 15 is 0 Å². The van der Waals surface area contributed by atoms with Gasteiger partial charge in [0.2, 0.25) is 5.95 Å². The lowest BCUT2D eigenvalue weighted by atomic mass is 10.1. The second kappa shape index (κ2) is 9.80. The molecule has 0 saturated carbocycles. The largest absolute Gasteiger partial charge is 0.370 e. The third-order valence-corrected chi connectivity index (χ3v) is 4.87. The minimum atomic E-state index is -0.309. The van der Waals surface area contributed by atoms with Crippen LogP contribution in [-0.4, -0.2) is 54.4 Å². The molecule has 2 aromatic carbocycles. The second-order valence-corrected chi connectivity index (χ2v) is 6.99. The van der Waals surface area contributed by atoms with E-state index in [1.165, 1.54) is 0 Å². The quantitative estimate of drug-likeness (QED) is 0.551. The first-order chi connectivity index (χ1) is 15.6. The third kappa shape index (κ3) is 4.96. The average molecular weight is 431 g/mol. The summed E-state index contributed by atoms with van der Waals surface area (Å²) in [5, 5.41) is 5.66. The maximum absolute atomic E-state index is 12.0. The first kappa shape index (κ1) is 21.1. The molecule has 0 radical (unpaired) electrons. The monoisotopic (exact) mass is 431 g/mol. The van der Waals surface area contributed by atoms with Crippen LogP contribution >= 0.6 is 0 Å². The Labute approximate surface area is 184 Å². The van der Waals surface area contributed by atoms with Crippen molar-refractivity contribution in [3.05, 3.63) is 66.4 Å². The molecule has 1 aliphatic heterocycles. The zero-order valence-corrected chi connectivity index (χ0v) is 17.2. The lowest BCUT2D eigenvalue weighted by molar-refractivity contribution is -0.125. The fourth-order valence-electron chi connectivity index (χ4n) is 3.25. The number of hydrogen-bond acceptors (Lipinski definition) is 7. The van der Waals surface area contributed by atoms with Gasteiger partial charge in [-0.05, 0) is 42.5 Å². The van der Waals surface area contributed by atoms with E-state index in [2.05, 4.69) is 20.6 Å². The van der Waals surface area contributed by atoms with Crippen LogP contribution in [0.4, 0.5) is 17.3 Å². The fourth-order valence-corrected chi connectivity index (χ4v) is 3.25. The van der Waals surface area contributed by atoms with Crippen molar-refractivity contribution in [2.24, 2.45) is 0 Å². The van der Waals surface area contributed by atoms with E-state index < -0.39 is 0 Å². The van der Waals surface area contributed by atoms with Crippen molar-refractivity contribution < 1.29 is 19.1 Å². The summed E-state index contributed by atoms with van der Waals surface area (Å²) in [4.78, 5) is 44.8. The molecular weight excluding hydrogens is 410 g/mol. The van der Waals surface area contributed by atoms with Gasteiger partial charge in [0.15, 0.2) is 0 Å². The van der Waals surface area contributed by atoms with Gasteiger partial charge in [-0.3, -0.25) is 9.59 Å². The van der Waals surface area contributed by atoms with E-state index in [1.807, 2.05) is 24.3 Å². The number of amides is 2. The summed E-state index contributed by atoms with van der Waals surface area (Å²) in [6, 6.07) is 16.2. The highest BCUT2D eigenvalue weighted by Gasteiger charge is 2.19. The molecule has 32 heavy (non-hydrogen) atoms. The highest BCUT2D eigenvalue weighted by atomic mass is 16.5. The molecule has 2 N–H and O–H groups in total. The number of morpholine rings is 1. The summed E-state index contributed by atoms with van der Waals surface area (Å²) in [5.74, 6) is 0.0571. The molecule has 9 nitrogen and oxygen atoms in total. The Morgan fingerprint density at radius 2 is 1.88 bits per heavy atom. The van der Waals surface area contributed by atoms with Crippen molar-refractivity contribution in [3.63, 3.8) is 0 Å². The van der Waals surface area contributed by atoms with Gasteiger partial charge in [0.05, 0.1) is 18.8 Å². The van der Waals surface area contributed by atoms with Crippen molar-refractivity contribution in [3.8, 4) is 11.3 Å². The Kier molecular flexibility index (Phi) is 6.47. The van der Waals surface area contributed by atoms with Crippen LogP contribution in [0.25, 0.3) is 11.3 Å². The predicted molar refractivity (Wildman–Crippen MR) is 119 cm³/mol. The van der Waals surface area contributed by atoms with E-state index in [0.29, 0.717) is 36.6 Å². The lowest BCUT2D eigenvalue weighted by Gasteiger charge is -2.26. The van der Waals surface area contributed by atoms with Crippen molar-refractivity contribution in [2.75, 3.05) is 36.5 Å². The van der Waals surface area contributed by atoms with Crippen LogP contribution in [0.1, 0.15) is 10.4 Å². The van der Waals surface area contributed by atoms with E-state index in [-0.39, 0.29) is 25.0 Å². The zero-order valence-electron chi connectivity index (χ0n) is 17.2. The topological polar surface area (TPSA) is 114 Å². The van der Waals surface area contributed by atoms with Gasteiger partial charge in [-0.25, -0.2) is 9.97 Å². The van der Waals surface area contributed by atoms with Crippen LogP contribution in [0.3, 0.4) is 0 Å². The number of hydrogen-bond donors (Lipinski definition) is 2. The number of benzene rings is 2. The van der Waals surface area contributed by atoms with Gasteiger partial charge in [-0.1, -0.05) is 12.1 Å². The van der Waals surface area contributed by atoms with Crippen LogP contribution in [0.2, 0.25) is 0 Å². The molecule has 1 saturated heterocycles. The number of aromatic nitrogens is 2. The van der Waals surface area contributed by atoms with Gasteiger partial charge in [-0.2, -0.15) is 0 Å². The minimum Gasteiger partial charge on any atom is -0.370 e. The van der Waals surface area contributed by atoms with Crippen molar-refractivity contribution >= 4 is 35.4 Å². The van der Waals surface area contributed by atoms with E-state index in [9.17, 15) is 14.4 Å². The molecule has 1 fully saturated rings. The molecule has 9 heteroatoms. The first-order valence-electron chi connectivity index (χ1n) is 10.0. The number of anilines is 3. The molecule has 0 aliphatic carbocycles. The van der Waals surface area contributed by atoms with Crippen LogP contribution in [-0.2, 0) is 14.3 Å².